The third-order valence-electron chi connectivity index (χ3n) is 4.52. The van der Waals surface area contributed by atoms with E-state index in [9.17, 15) is 9.59 Å². The SMILES string of the molecule is CCOc1ccccc1OCC(=O)OCC(=O)Nc1ccc2oc3ccccc3c2c1. The molecule has 1 N–H and O–H groups in total. The van der Waals surface area contributed by atoms with E-state index in [0.717, 1.165) is 21.9 Å². The third kappa shape index (κ3) is 4.78. The molecule has 1 amide bonds. The van der Waals surface area contributed by atoms with Gasteiger partial charge < -0.3 is 23.9 Å². The fourth-order valence-electron chi connectivity index (χ4n) is 3.17. The number of esters is 1. The van der Waals surface area contributed by atoms with Gasteiger partial charge in [-0.2, -0.15) is 0 Å². The molecule has 0 aliphatic carbocycles. The molecule has 1 aromatic heterocycles. The quantitative estimate of drug-likeness (QED) is 0.422. The number of para-hydroxylation sites is 3. The molecule has 0 saturated heterocycles. The number of carbonyl (C=O) groups excluding carboxylic acids is 2. The predicted octanol–water partition coefficient (Wildman–Crippen LogP) is 4.55. The lowest BCUT2D eigenvalue weighted by Gasteiger charge is -2.11. The molecule has 3 aromatic carbocycles. The summed E-state index contributed by atoms with van der Waals surface area (Å²) in [6.07, 6.45) is 0. The molecule has 7 heteroatoms. The van der Waals surface area contributed by atoms with E-state index in [4.69, 9.17) is 18.6 Å². The average molecular weight is 419 g/mol. The Labute approximate surface area is 178 Å². The van der Waals surface area contributed by atoms with Gasteiger partial charge in [-0.15, -0.1) is 0 Å². The van der Waals surface area contributed by atoms with E-state index in [1.807, 2.05) is 43.3 Å². The monoisotopic (exact) mass is 419 g/mol. The zero-order valence-corrected chi connectivity index (χ0v) is 16.9. The van der Waals surface area contributed by atoms with E-state index >= 15 is 0 Å². The van der Waals surface area contributed by atoms with E-state index in [2.05, 4.69) is 5.32 Å². The van der Waals surface area contributed by atoms with Crippen molar-refractivity contribution in [2.45, 2.75) is 6.92 Å². The molecular formula is C24H21NO6. The summed E-state index contributed by atoms with van der Waals surface area (Å²) >= 11 is 0. The van der Waals surface area contributed by atoms with Gasteiger partial charge >= 0.3 is 5.97 Å². The number of hydrogen-bond donors (Lipinski definition) is 1. The smallest absolute Gasteiger partial charge is 0.344 e. The molecule has 0 aliphatic heterocycles. The molecule has 4 aromatic rings. The lowest BCUT2D eigenvalue weighted by Crippen LogP contribution is -2.23. The van der Waals surface area contributed by atoms with Crippen LogP contribution >= 0.6 is 0 Å². The lowest BCUT2D eigenvalue weighted by atomic mass is 10.1. The second-order valence-electron chi connectivity index (χ2n) is 6.69. The van der Waals surface area contributed by atoms with Crippen molar-refractivity contribution in [1.82, 2.24) is 0 Å². The Kier molecular flexibility index (Phi) is 6.03. The molecular weight excluding hydrogens is 398 g/mol. The molecule has 158 valence electrons. The van der Waals surface area contributed by atoms with Gasteiger partial charge in [0.25, 0.3) is 5.91 Å². The predicted molar refractivity (Wildman–Crippen MR) is 116 cm³/mol. The number of nitrogens with one attached hydrogen (secondary N) is 1. The van der Waals surface area contributed by atoms with Crippen molar-refractivity contribution in [2.75, 3.05) is 25.1 Å². The summed E-state index contributed by atoms with van der Waals surface area (Å²) < 4.78 is 21.7. The molecule has 0 saturated carbocycles. The number of ether oxygens (including phenoxy) is 3. The topological polar surface area (TPSA) is 87.0 Å². The third-order valence-corrected chi connectivity index (χ3v) is 4.52. The highest BCUT2D eigenvalue weighted by Gasteiger charge is 2.12. The first-order chi connectivity index (χ1) is 15.1. The second kappa shape index (κ2) is 9.21. The summed E-state index contributed by atoms with van der Waals surface area (Å²) in [5.74, 6) is -0.128. The van der Waals surface area contributed by atoms with Crippen molar-refractivity contribution in [3.05, 3.63) is 66.7 Å². The van der Waals surface area contributed by atoms with Crippen LogP contribution < -0.4 is 14.8 Å². The van der Waals surface area contributed by atoms with Gasteiger partial charge in [0.05, 0.1) is 6.61 Å². The Morgan fingerprint density at radius 3 is 2.35 bits per heavy atom. The van der Waals surface area contributed by atoms with Gasteiger partial charge in [-0.25, -0.2) is 4.79 Å². The highest BCUT2D eigenvalue weighted by molar-refractivity contribution is 6.07. The summed E-state index contributed by atoms with van der Waals surface area (Å²) in [5.41, 5.74) is 2.10. The van der Waals surface area contributed by atoms with Crippen LogP contribution in [0.5, 0.6) is 11.5 Å². The molecule has 0 unspecified atom stereocenters. The largest absolute Gasteiger partial charge is 0.490 e. The van der Waals surface area contributed by atoms with Crippen LogP contribution in [0.25, 0.3) is 21.9 Å². The summed E-state index contributed by atoms with van der Waals surface area (Å²) in [7, 11) is 0. The second-order valence-corrected chi connectivity index (χ2v) is 6.69. The Hall–Kier alpha value is -4.00. The molecule has 0 bridgehead atoms. The zero-order chi connectivity index (χ0) is 21.6. The number of benzene rings is 3. The van der Waals surface area contributed by atoms with Gasteiger partial charge in [0.15, 0.2) is 24.7 Å². The zero-order valence-electron chi connectivity index (χ0n) is 16.9. The van der Waals surface area contributed by atoms with Crippen LogP contribution in [0.1, 0.15) is 6.92 Å². The Bertz CT molecular complexity index is 1230. The number of hydrogen-bond acceptors (Lipinski definition) is 6. The Morgan fingerprint density at radius 2 is 1.55 bits per heavy atom. The van der Waals surface area contributed by atoms with E-state index in [-0.39, 0.29) is 6.61 Å². The molecule has 1 heterocycles. The number of rotatable bonds is 8. The summed E-state index contributed by atoms with van der Waals surface area (Å²) in [5, 5.41) is 4.58. The van der Waals surface area contributed by atoms with E-state index in [0.29, 0.717) is 23.8 Å². The molecule has 7 nitrogen and oxygen atoms in total. The van der Waals surface area contributed by atoms with Crippen LogP contribution in [0.15, 0.2) is 71.1 Å². The maximum Gasteiger partial charge on any atom is 0.344 e. The van der Waals surface area contributed by atoms with Crippen molar-refractivity contribution in [3.8, 4) is 11.5 Å². The van der Waals surface area contributed by atoms with Gasteiger partial charge in [0.1, 0.15) is 11.2 Å². The van der Waals surface area contributed by atoms with E-state index in [1.54, 1.807) is 30.3 Å². The standard InChI is InChI=1S/C24H21NO6/c1-2-28-21-9-5-6-10-22(21)29-15-24(27)30-14-23(26)25-16-11-12-20-18(13-16)17-7-3-4-8-19(17)31-20/h3-13H,2,14-15H2,1H3,(H,25,26). The van der Waals surface area contributed by atoms with Crippen molar-refractivity contribution in [1.29, 1.82) is 0 Å². The highest BCUT2D eigenvalue weighted by atomic mass is 16.6. The minimum absolute atomic E-state index is 0.329. The van der Waals surface area contributed by atoms with Gasteiger partial charge in [-0.1, -0.05) is 30.3 Å². The summed E-state index contributed by atoms with van der Waals surface area (Å²) in [6, 6.07) is 20.1. The first-order valence-corrected chi connectivity index (χ1v) is 9.85. The molecule has 0 spiro atoms. The molecule has 31 heavy (non-hydrogen) atoms. The van der Waals surface area contributed by atoms with Crippen LogP contribution in [-0.2, 0) is 14.3 Å². The van der Waals surface area contributed by atoms with Crippen molar-refractivity contribution >= 4 is 39.5 Å². The maximum absolute atomic E-state index is 12.2. The van der Waals surface area contributed by atoms with Crippen LogP contribution in [-0.4, -0.2) is 31.7 Å². The Morgan fingerprint density at radius 1 is 0.839 bits per heavy atom. The summed E-state index contributed by atoms with van der Waals surface area (Å²) in [4.78, 5) is 24.1. The highest BCUT2D eigenvalue weighted by Crippen LogP contribution is 2.30. The van der Waals surface area contributed by atoms with Crippen LogP contribution in [0.3, 0.4) is 0 Å². The fraction of sp³-hybridized carbons (Fsp3) is 0.167. The number of anilines is 1. The number of amides is 1. The van der Waals surface area contributed by atoms with Crippen LogP contribution in [0, 0.1) is 0 Å². The molecule has 0 radical (unpaired) electrons. The normalized spacial score (nSPS) is 10.7. The first kappa shape index (κ1) is 20.3. The maximum atomic E-state index is 12.2. The van der Waals surface area contributed by atoms with Crippen LogP contribution in [0.4, 0.5) is 5.69 Å². The van der Waals surface area contributed by atoms with Crippen molar-refractivity contribution in [3.63, 3.8) is 0 Å². The molecule has 4 rings (SSSR count). The van der Waals surface area contributed by atoms with Crippen molar-refractivity contribution < 1.29 is 28.2 Å². The van der Waals surface area contributed by atoms with Gasteiger partial charge in [-0.3, -0.25) is 4.79 Å². The number of furan rings is 1. The molecule has 0 aliphatic rings. The summed E-state index contributed by atoms with van der Waals surface area (Å²) in [6.45, 7) is 1.59. The minimum Gasteiger partial charge on any atom is -0.490 e. The van der Waals surface area contributed by atoms with Crippen molar-refractivity contribution in [2.24, 2.45) is 0 Å². The minimum atomic E-state index is -0.655. The average Bonchev–Trinajstić information content (AvgIpc) is 3.15. The molecule has 0 fully saturated rings. The van der Waals surface area contributed by atoms with E-state index < -0.39 is 18.5 Å². The Balaban J connectivity index is 1.31. The number of carbonyl (C=O) groups is 2. The van der Waals surface area contributed by atoms with Crippen LogP contribution in [0.2, 0.25) is 0 Å². The number of fused-ring (bicyclic) bond motifs is 3. The molecule has 0 atom stereocenters. The van der Waals surface area contributed by atoms with Gasteiger partial charge in [-0.05, 0) is 43.3 Å². The van der Waals surface area contributed by atoms with E-state index in [1.165, 1.54) is 0 Å². The van der Waals surface area contributed by atoms with Gasteiger partial charge in [0.2, 0.25) is 0 Å². The fourth-order valence-corrected chi connectivity index (χ4v) is 3.17. The lowest BCUT2D eigenvalue weighted by molar-refractivity contribution is -0.149. The van der Waals surface area contributed by atoms with Gasteiger partial charge in [0, 0.05) is 16.5 Å². The first-order valence-electron chi connectivity index (χ1n) is 9.85.